The summed E-state index contributed by atoms with van der Waals surface area (Å²) in [6.07, 6.45) is 1.82. The average Bonchev–Trinajstić information content (AvgIpc) is 2.00. The summed E-state index contributed by atoms with van der Waals surface area (Å²) < 4.78 is 0. The van der Waals surface area contributed by atoms with Crippen LogP contribution in [-0.4, -0.2) is 48.7 Å². The largest absolute Gasteiger partial charge is 0.481 e. The van der Waals surface area contributed by atoms with E-state index in [2.05, 4.69) is 17.1 Å². The van der Waals surface area contributed by atoms with Crippen LogP contribution in [0.25, 0.3) is 0 Å². The summed E-state index contributed by atoms with van der Waals surface area (Å²) in [7, 11) is 4.06. The number of carboxylic acid groups (broad SMARTS) is 1. The number of aliphatic carboxylic acids is 1. The van der Waals surface area contributed by atoms with Crippen LogP contribution in [0.5, 0.6) is 0 Å². The molecule has 0 aliphatic heterocycles. The minimum absolute atomic E-state index is 0.163. The van der Waals surface area contributed by atoms with Gasteiger partial charge >= 0.3 is 5.97 Å². The van der Waals surface area contributed by atoms with Gasteiger partial charge in [0.1, 0.15) is 0 Å². The maximum absolute atomic E-state index is 10.7. The van der Waals surface area contributed by atoms with E-state index in [0.29, 0.717) is 6.04 Å². The Labute approximate surface area is 85.3 Å². The highest BCUT2D eigenvalue weighted by Crippen LogP contribution is 2.27. The highest BCUT2D eigenvalue weighted by atomic mass is 16.4. The molecular weight excluding hydrogens is 180 g/mol. The maximum atomic E-state index is 10.7. The van der Waals surface area contributed by atoms with Gasteiger partial charge in [0.15, 0.2) is 0 Å². The molecule has 4 nitrogen and oxygen atoms in total. The third-order valence-electron chi connectivity index (χ3n) is 3.15. The Bertz CT molecular complexity index is 206. The van der Waals surface area contributed by atoms with Crippen LogP contribution in [0.3, 0.4) is 0 Å². The van der Waals surface area contributed by atoms with E-state index in [1.807, 2.05) is 14.1 Å². The third kappa shape index (κ3) is 2.69. The topological polar surface area (TPSA) is 52.6 Å². The molecule has 0 saturated heterocycles. The Morgan fingerprint density at radius 3 is 2.57 bits per heavy atom. The number of carboxylic acids is 1. The molecule has 0 aromatic carbocycles. The second kappa shape index (κ2) is 4.75. The Balaban J connectivity index is 2.22. The van der Waals surface area contributed by atoms with Crippen LogP contribution in [0.15, 0.2) is 0 Å². The van der Waals surface area contributed by atoms with E-state index in [0.717, 1.165) is 19.4 Å². The molecule has 0 aromatic rings. The lowest BCUT2D eigenvalue weighted by Gasteiger charge is -2.35. The first-order valence-electron chi connectivity index (χ1n) is 5.15. The zero-order valence-electron chi connectivity index (χ0n) is 9.16. The number of nitrogens with one attached hydrogen (secondary N) is 1. The summed E-state index contributed by atoms with van der Waals surface area (Å²) in [6.45, 7) is 2.99. The van der Waals surface area contributed by atoms with Crippen molar-refractivity contribution >= 4 is 5.97 Å². The van der Waals surface area contributed by atoms with E-state index in [9.17, 15) is 4.79 Å². The fourth-order valence-electron chi connectivity index (χ4n) is 1.54. The predicted molar refractivity (Wildman–Crippen MR) is 55.3 cm³/mol. The van der Waals surface area contributed by atoms with Crippen molar-refractivity contribution in [1.29, 1.82) is 0 Å². The van der Waals surface area contributed by atoms with E-state index < -0.39 is 5.97 Å². The maximum Gasteiger partial charge on any atom is 0.308 e. The van der Waals surface area contributed by atoms with Crippen LogP contribution >= 0.6 is 0 Å². The lowest BCUT2D eigenvalue weighted by Crippen LogP contribution is -2.50. The fraction of sp³-hybridized carbons (Fsp3) is 0.900. The second-order valence-electron chi connectivity index (χ2n) is 4.35. The van der Waals surface area contributed by atoms with Gasteiger partial charge in [-0.05, 0) is 33.9 Å². The first-order valence-corrected chi connectivity index (χ1v) is 5.15. The zero-order chi connectivity index (χ0) is 10.7. The Morgan fingerprint density at radius 2 is 2.21 bits per heavy atom. The molecule has 3 atom stereocenters. The van der Waals surface area contributed by atoms with E-state index in [1.165, 1.54) is 0 Å². The molecule has 0 radical (unpaired) electrons. The summed E-state index contributed by atoms with van der Waals surface area (Å²) in [6, 6.07) is 0.639. The zero-order valence-corrected chi connectivity index (χ0v) is 9.16. The van der Waals surface area contributed by atoms with Gasteiger partial charge in [-0.25, -0.2) is 0 Å². The molecule has 2 N–H and O–H groups in total. The molecule has 4 heteroatoms. The van der Waals surface area contributed by atoms with Gasteiger partial charge < -0.3 is 15.3 Å². The monoisotopic (exact) mass is 200 g/mol. The highest BCUT2D eigenvalue weighted by Gasteiger charge is 2.36. The van der Waals surface area contributed by atoms with E-state index in [-0.39, 0.29) is 12.0 Å². The quantitative estimate of drug-likeness (QED) is 0.674. The Kier molecular flexibility index (Phi) is 3.89. The predicted octanol–water partition coefficient (Wildman–Crippen LogP) is 0.389. The van der Waals surface area contributed by atoms with Gasteiger partial charge in [0.25, 0.3) is 0 Å². The number of nitrogens with zero attached hydrogens (tertiary/aromatic N) is 1. The van der Waals surface area contributed by atoms with Crippen LogP contribution < -0.4 is 5.32 Å². The summed E-state index contributed by atoms with van der Waals surface area (Å²) in [4.78, 5) is 12.8. The molecule has 14 heavy (non-hydrogen) atoms. The minimum atomic E-state index is -0.661. The standard InChI is InChI=1S/C10H20N2O2/c1-7(12(2)3)6-11-9-5-4-8(9)10(13)14/h7-9,11H,4-6H2,1-3H3,(H,13,14). The van der Waals surface area contributed by atoms with Crippen molar-refractivity contribution in [2.45, 2.75) is 31.8 Å². The van der Waals surface area contributed by atoms with Crippen molar-refractivity contribution in [3.05, 3.63) is 0 Å². The summed E-state index contributed by atoms with van der Waals surface area (Å²) in [5.74, 6) is -0.824. The molecule has 0 heterocycles. The number of hydrogen-bond acceptors (Lipinski definition) is 3. The van der Waals surface area contributed by atoms with Crippen LogP contribution in [0.2, 0.25) is 0 Å². The summed E-state index contributed by atoms with van der Waals surface area (Å²) >= 11 is 0. The van der Waals surface area contributed by atoms with Gasteiger partial charge in [0.2, 0.25) is 0 Å². The minimum Gasteiger partial charge on any atom is -0.481 e. The molecule has 1 aliphatic carbocycles. The second-order valence-corrected chi connectivity index (χ2v) is 4.35. The molecule has 1 fully saturated rings. The molecule has 1 saturated carbocycles. The van der Waals surface area contributed by atoms with E-state index >= 15 is 0 Å². The lowest BCUT2D eigenvalue weighted by atomic mass is 9.79. The number of carbonyl (C=O) groups is 1. The van der Waals surface area contributed by atoms with Crippen molar-refractivity contribution in [3.63, 3.8) is 0 Å². The van der Waals surface area contributed by atoms with Crippen molar-refractivity contribution in [1.82, 2.24) is 10.2 Å². The molecule has 1 rings (SSSR count). The molecule has 0 amide bonds. The number of rotatable bonds is 5. The molecule has 0 bridgehead atoms. The van der Waals surface area contributed by atoms with Crippen molar-refractivity contribution in [3.8, 4) is 0 Å². The molecule has 3 unspecified atom stereocenters. The Morgan fingerprint density at radius 1 is 1.57 bits per heavy atom. The molecule has 0 spiro atoms. The van der Waals surface area contributed by atoms with Gasteiger partial charge in [0, 0.05) is 18.6 Å². The van der Waals surface area contributed by atoms with Crippen LogP contribution in [0, 0.1) is 5.92 Å². The molecule has 82 valence electrons. The first kappa shape index (κ1) is 11.5. The van der Waals surface area contributed by atoms with E-state index in [1.54, 1.807) is 0 Å². The highest BCUT2D eigenvalue weighted by molar-refractivity contribution is 5.72. The van der Waals surface area contributed by atoms with Crippen LogP contribution in [0.1, 0.15) is 19.8 Å². The van der Waals surface area contributed by atoms with Crippen molar-refractivity contribution < 1.29 is 9.90 Å². The summed E-state index contributed by atoms with van der Waals surface area (Å²) in [5, 5.41) is 12.1. The first-order chi connectivity index (χ1) is 6.52. The summed E-state index contributed by atoms with van der Waals surface area (Å²) in [5.41, 5.74) is 0. The van der Waals surface area contributed by atoms with Gasteiger partial charge in [-0.15, -0.1) is 0 Å². The third-order valence-corrected chi connectivity index (χ3v) is 3.15. The SMILES string of the molecule is CC(CNC1CCC1C(=O)O)N(C)C. The fourth-order valence-corrected chi connectivity index (χ4v) is 1.54. The van der Waals surface area contributed by atoms with Gasteiger partial charge in [0.05, 0.1) is 5.92 Å². The van der Waals surface area contributed by atoms with E-state index in [4.69, 9.17) is 5.11 Å². The normalized spacial score (nSPS) is 28.6. The van der Waals surface area contributed by atoms with Gasteiger partial charge in [-0.1, -0.05) is 0 Å². The van der Waals surface area contributed by atoms with Gasteiger partial charge in [-0.3, -0.25) is 4.79 Å². The van der Waals surface area contributed by atoms with Crippen molar-refractivity contribution in [2.24, 2.45) is 5.92 Å². The smallest absolute Gasteiger partial charge is 0.308 e. The van der Waals surface area contributed by atoms with Crippen LogP contribution in [0.4, 0.5) is 0 Å². The lowest BCUT2D eigenvalue weighted by molar-refractivity contribution is -0.146. The van der Waals surface area contributed by atoms with Crippen LogP contribution in [-0.2, 0) is 4.79 Å². The Hall–Kier alpha value is -0.610. The molecular formula is C10H20N2O2. The van der Waals surface area contributed by atoms with Gasteiger partial charge in [-0.2, -0.15) is 0 Å². The molecule has 1 aliphatic rings. The molecule has 0 aromatic heterocycles. The average molecular weight is 200 g/mol. The number of hydrogen-bond donors (Lipinski definition) is 2. The number of likely N-dealkylation sites (N-methyl/N-ethyl adjacent to an activating group) is 1. The van der Waals surface area contributed by atoms with Crippen molar-refractivity contribution in [2.75, 3.05) is 20.6 Å².